The fourth-order valence-corrected chi connectivity index (χ4v) is 3.65. The molecule has 0 spiro atoms. The van der Waals surface area contributed by atoms with Gasteiger partial charge in [-0.1, -0.05) is 38.0 Å². The molecule has 2 aromatic heterocycles. The van der Waals surface area contributed by atoms with Gasteiger partial charge in [0.15, 0.2) is 4.77 Å². The maximum atomic E-state index is 5.61. The van der Waals surface area contributed by atoms with Crippen LogP contribution in [0.1, 0.15) is 38.6 Å². The lowest BCUT2D eigenvalue weighted by molar-refractivity contribution is 0.434. The largest absolute Gasteiger partial charge is 0.329 e. The van der Waals surface area contributed by atoms with E-state index in [-0.39, 0.29) is 0 Å². The van der Waals surface area contributed by atoms with Crippen LogP contribution in [0.3, 0.4) is 0 Å². The van der Waals surface area contributed by atoms with Gasteiger partial charge in [0, 0.05) is 11.4 Å². The highest BCUT2D eigenvalue weighted by Gasteiger charge is 2.27. The number of H-pyrrole nitrogens is 1. The lowest BCUT2D eigenvalue weighted by Gasteiger charge is -2.18. The first kappa shape index (κ1) is 13.0. The zero-order valence-corrected chi connectivity index (χ0v) is 13.0. The summed E-state index contributed by atoms with van der Waals surface area (Å²) in [5.41, 5.74) is 3.31. The second-order valence-electron chi connectivity index (χ2n) is 6.08. The number of para-hydroxylation sites is 1. The summed E-state index contributed by atoms with van der Waals surface area (Å²) < 4.78 is 3.17. The number of rotatable bonds is 4. The van der Waals surface area contributed by atoms with Crippen LogP contribution in [0.4, 0.5) is 0 Å². The predicted octanol–water partition coefficient (Wildman–Crippen LogP) is 5.00. The molecule has 1 unspecified atom stereocenters. The molecule has 108 valence electrons. The van der Waals surface area contributed by atoms with Crippen molar-refractivity contribution in [2.75, 3.05) is 0 Å². The first-order valence-electron chi connectivity index (χ1n) is 7.76. The monoisotopic (exact) mass is 297 g/mol. The Morgan fingerprint density at radius 3 is 2.95 bits per heavy atom. The maximum Gasteiger partial charge on any atom is 0.178 e. The molecule has 0 radical (unpaired) electrons. The minimum atomic E-state index is 0.490. The number of fused-ring (bicyclic) bond motifs is 3. The summed E-state index contributed by atoms with van der Waals surface area (Å²) >= 11 is 5.61. The average Bonchev–Trinajstić information content (AvgIpc) is 3.26. The van der Waals surface area contributed by atoms with Gasteiger partial charge in [0.2, 0.25) is 0 Å². The number of nitrogens with one attached hydrogen (secondary N) is 1. The van der Waals surface area contributed by atoms with E-state index in [9.17, 15) is 0 Å². The molecule has 2 heterocycles. The lowest BCUT2D eigenvalue weighted by Crippen LogP contribution is -2.09. The van der Waals surface area contributed by atoms with E-state index in [0.717, 1.165) is 28.1 Å². The Morgan fingerprint density at radius 1 is 1.38 bits per heavy atom. The Balaban J connectivity index is 1.99. The number of pyridine rings is 1. The molecule has 0 saturated heterocycles. The first-order chi connectivity index (χ1) is 10.3. The molecule has 1 aliphatic rings. The molecule has 1 aliphatic carbocycles. The highest BCUT2D eigenvalue weighted by Crippen LogP contribution is 2.39. The third-order valence-electron chi connectivity index (χ3n) is 4.59. The van der Waals surface area contributed by atoms with E-state index in [1.165, 1.54) is 30.2 Å². The van der Waals surface area contributed by atoms with Crippen molar-refractivity contribution in [2.45, 2.75) is 38.6 Å². The van der Waals surface area contributed by atoms with E-state index < -0.39 is 0 Å². The van der Waals surface area contributed by atoms with Crippen LogP contribution in [-0.4, -0.2) is 14.5 Å². The zero-order valence-electron chi connectivity index (χ0n) is 12.2. The van der Waals surface area contributed by atoms with E-state index in [1.54, 1.807) is 0 Å². The highest BCUT2D eigenvalue weighted by molar-refractivity contribution is 7.71. The van der Waals surface area contributed by atoms with Gasteiger partial charge in [-0.15, -0.1) is 0 Å². The van der Waals surface area contributed by atoms with Crippen molar-refractivity contribution in [1.29, 1.82) is 0 Å². The minimum absolute atomic E-state index is 0.490. The molecular formula is C17H19N3S. The van der Waals surface area contributed by atoms with Crippen LogP contribution in [0.25, 0.3) is 21.9 Å². The zero-order chi connectivity index (χ0) is 14.4. The van der Waals surface area contributed by atoms with Crippen molar-refractivity contribution in [3.63, 3.8) is 0 Å². The molecule has 0 amide bonds. The molecule has 1 aromatic carbocycles. The minimum Gasteiger partial charge on any atom is -0.329 e. The molecule has 1 N–H and O–H groups in total. The Morgan fingerprint density at radius 2 is 2.19 bits per heavy atom. The van der Waals surface area contributed by atoms with Gasteiger partial charge < -0.3 is 9.55 Å². The summed E-state index contributed by atoms with van der Waals surface area (Å²) in [6.45, 7) is 2.26. The molecule has 0 bridgehead atoms. The van der Waals surface area contributed by atoms with Crippen LogP contribution in [0, 0.1) is 10.7 Å². The first-order valence-corrected chi connectivity index (χ1v) is 8.16. The summed E-state index contributed by atoms with van der Waals surface area (Å²) in [4.78, 5) is 7.87. The van der Waals surface area contributed by atoms with Crippen LogP contribution >= 0.6 is 12.2 Å². The molecule has 3 nitrogen and oxygen atoms in total. The Kier molecular flexibility index (Phi) is 3.07. The fraction of sp³-hybridized carbons (Fsp3) is 0.412. The summed E-state index contributed by atoms with van der Waals surface area (Å²) in [5, 5.41) is 1.19. The Bertz CT molecular complexity index is 857. The Labute approximate surface area is 129 Å². The SMILES string of the molecule is CCC(CC1CC1)n1c(=S)[nH]c2cnc3ccccc3c21. The number of hydrogen-bond acceptors (Lipinski definition) is 2. The number of benzene rings is 1. The summed E-state index contributed by atoms with van der Waals surface area (Å²) in [6, 6.07) is 8.81. The standard InChI is InChI=1S/C17H19N3S/c1-2-12(9-11-7-8-11)20-16-13-5-3-4-6-14(13)18-10-15(16)19-17(20)21/h3-6,10-12H,2,7-9H2,1H3,(H,19,21). The van der Waals surface area contributed by atoms with E-state index in [4.69, 9.17) is 12.2 Å². The van der Waals surface area contributed by atoms with Gasteiger partial charge in [-0.25, -0.2) is 0 Å². The summed E-state index contributed by atoms with van der Waals surface area (Å²) in [5.74, 6) is 0.898. The molecule has 4 rings (SSSR count). The molecule has 4 heteroatoms. The van der Waals surface area contributed by atoms with Crippen LogP contribution in [0.15, 0.2) is 30.5 Å². The van der Waals surface area contributed by atoms with E-state index in [2.05, 4.69) is 39.7 Å². The van der Waals surface area contributed by atoms with Crippen LogP contribution in [0.2, 0.25) is 0 Å². The summed E-state index contributed by atoms with van der Waals surface area (Å²) in [7, 11) is 0. The lowest BCUT2D eigenvalue weighted by atomic mass is 10.1. The second-order valence-corrected chi connectivity index (χ2v) is 6.47. The van der Waals surface area contributed by atoms with Crippen molar-refractivity contribution >= 4 is 34.2 Å². The van der Waals surface area contributed by atoms with Gasteiger partial charge in [-0.3, -0.25) is 4.98 Å². The summed E-state index contributed by atoms with van der Waals surface area (Å²) in [6.07, 6.45) is 7.04. The van der Waals surface area contributed by atoms with Crippen molar-refractivity contribution in [2.24, 2.45) is 5.92 Å². The molecular weight excluding hydrogens is 278 g/mol. The predicted molar refractivity (Wildman–Crippen MR) is 89.1 cm³/mol. The molecule has 0 aliphatic heterocycles. The highest BCUT2D eigenvalue weighted by atomic mass is 32.1. The quantitative estimate of drug-likeness (QED) is 0.688. The molecule has 21 heavy (non-hydrogen) atoms. The van der Waals surface area contributed by atoms with Crippen molar-refractivity contribution < 1.29 is 0 Å². The molecule has 1 saturated carbocycles. The average molecular weight is 297 g/mol. The van der Waals surface area contributed by atoms with Gasteiger partial charge in [0.1, 0.15) is 0 Å². The topological polar surface area (TPSA) is 33.6 Å². The van der Waals surface area contributed by atoms with Crippen molar-refractivity contribution in [3.05, 3.63) is 35.2 Å². The van der Waals surface area contributed by atoms with E-state index in [0.29, 0.717) is 6.04 Å². The van der Waals surface area contributed by atoms with Gasteiger partial charge in [0.05, 0.1) is 22.7 Å². The van der Waals surface area contributed by atoms with Gasteiger partial charge in [-0.05, 0) is 37.0 Å². The van der Waals surface area contributed by atoms with E-state index in [1.807, 2.05) is 12.3 Å². The molecule has 3 aromatic rings. The third kappa shape index (κ3) is 2.18. The smallest absolute Gasteiger partial charge is 0.178 e. The number of nitrogens with zero attached hydrogens (tertiary/aromatic N) is 2. The van der Waals surface area contributed by atoms with Gasteiger partial charge in [-0.2, -0.15) is 0 Å². The Hall–Kier alpha value is -1.68. The number of aromatic amines is 1. The maximum absolute atomic E-state index is 5.61. The molecule has 1 fully saturated rings. The normalized spacial score (nSPS) is 16.6. The van der Waals surface area contributed by atoms with Crippen molar-refractivity contribution in [3.8, 4) is 0 Å². The van der Waals surface area contributed by atoms with E-state index >= 15 is 0 Å². The van der Waals surface area contributed by atoms with Gasteiger partial charge in [0.25, 0.3) is 0 Å². The number of hydrogen-bond donors (Lipinski definition) is 1. The van der Waals surface area contributed by atoms with Crippen LogP contribution in [0.5, 0.6) is 0 Å². The van der Waals surface area contributed by atoms with Crippen LogP contribution in [-0.2, 0) is 0 Å². The third-order valence-corrected chi connectivity index (χ3v) is 4.89. The fourth-order valence-electron chi connectivity index (χ4n) is 3.30. The van der Waals surface area contributed by atoms with Gasteiger partial charge >= 0.3 is 0 Å². The second kappa shape index (κ2) is 4.95. The molecule has 1 atom stereocenters. The van der Waals surface area contributed by atoms with Crippen molar-refractivity contribution in [1.82, 2.24) is 14.5 Å². The number of aromatic nitrogens is 3. The number of imidazole rings is 1. The van der Waals surface area contributed by atoms with Crippen LogP contribution < -0.4 is 0 Å².